The summed E-state index contributed by atoms with van der Waals surface area (Å²) in [6.45, 7) is -0.646. The second-order valence-electron chi connectivity index (χ2n) is 5.39. The van der Waals surface area contributed by atoms with Gasteiger partial charge >= 0.3 is 0 Å². The predicted octanol–water partition coefficient (Wildman–Crippen LogP) is 1.79. The summed E-state index contributed by atoms with van der Waals surface area (Å²) in [6, 6.07) is 3.03. The predicted molar refractivity (Wildman–Crippen MR) is 78.9 cm³/mol. The quantitative estimate of drug-likeness (QED) is 0.894. The van der Waals surface area contributed by atoms with Crippen LogP contribution in [-0.2, 0) is 14.8 Å². The van der Waals surface area contributed by atoms with Crippen LogP contribution in [0.5, 0.6) is 0 Å². The van der Waals surface area contributed by atoms with Crippen LogP contribution >= 0.6 is 0 Å². The highest BCUT2D eigenvalue weighted by Crippen LogP contribution is 2.25. The van der Waals surface area contributed by atoms with Crippen LogP contribution in [0, 0.1) is 11.6 Å². The molecular formula is C14H18F2N2O3S. The van der Waals surface area contributed by atoms with Crippen LogP contribution in [0.15, 0.2) is 18.2 Å². The summed E-state index contributed by atoms with van der Waals surface area (Å²) < 4.78 is 51.7. The Hall–Kier alpha value is -1.70. The lowest BCUT2D eigenvalue weighted by Gasteiger charge is -2.23. The van der Waals surface area contributed by atoms with Crippen molar-refractivity contribution in [3.05, 3.63) is 29.8 Å². The van der Waals surface area contributed by atoms with Gasteiger partial charge in [-0.25, -0.2) is 17.2 Å². The summed E-state index contributed by atoms with van der Waals surface area (Å²) in [6.07, 6.45) is 4.48. The number of halogens is 2. The highest BCUT2D eigenvalue weighted by atomic mass is 32.2. The van der Waals surface area contributed by atoms with Crippen LogP contribution in [0.2, 0.25) is 0 Å². The number of hydrogen-bond donors (Lipinski definition) is 1. The van der Waals surface area contributed by atoms with E-state index in [1.54, 1.807) is 0 Å². The Morgan fingerprint density at radius 1 is 1.27 bits per heavy atom. The monoisotopic (exact) mass is 332 g/mol. The number of carbonyl (C=O) groups excluding carboxylic acids is 1. The summed E-state index contributed by atoms with van der Waals surface area (Å²) in [4.78, 5) is 12.0. The molecule has 122 valence electrons. The molecule has 1 amide bonds. The van der Waals surface area contributed by atoms with E-state index in [1.807, 2.05) is 0 Å². The SMILES string of the molecule is CS(=O)(=O)N(CC(=O)NC1CCCC1)c1c(F)cccc1F. The minimum absolute atomic E-state index is 0.000576. The minimum Gasteiger partial charge on any atom is -0.352 e. The molecule has 0 atom stereocenters. The van der Waals surface area contributed by atoms with Gasteiger partial charge in [0.25, 0.3) is 0 Å². The molecule has 5 nitrogen and oxygen atoms in total. The van der Waals surface area contributed by atoms with Gasteiger partial charge < -0.3 is 5.32 Å². The molecule has 1 aliphatic carbocycles. The maximum Gasteiger partial charge on any atom is 0.241 e. The first-order valence-electron chi connectivity index (χ1n) is 7.00. The standard InChI is InChI=1S/C14H18F2N2O3S/c1-22(20,21)18(14-11(15)7-4-8-12(14)16)9-13(19)17-10-5-2-3-6-10/h4,7-8,10H,2-3,5-6,9H2,1H3,(H,17,19). The number of carbonyl (C=O) groups is 1. The molecule has 1 N–H and O–H groups in total. The zero-order valence-electron chi connectivity index (χ0n) is 12.2. The van der Waals surface area contributed by atoms with Crippen molar-refractivity contribution in [3.63, 3.8) is 0 Å². The second-order valence-corrected chi connectivity index (χ2v) is 7.30. The van der Waals surface area contributed by atoms with Gasteiger partial charge in [0.2, 0.25) is 15.9 Å². The number of sulfonamides is 1. The van der Waals surface area contributed by atoms with Gasteiger partial charge in [0.1, 0.15) is 12.2 Å². The number of hydrogen-bond acceptors (Lipinski definition) is 3. The molecule has 0 unspecified atom stereocenters. The van der Waals surface area contributed by atoms with Gasteiger partial charge in [-0.3, -0.25) is 9.10 Å². The van der Waals surface area contributed by atoms with Crippen molar-refractivity contribution in [1.82, 2.24) is 5.32 Å². The number of amides is 1. The van der Waals surface area contributed by atoms with E-state index in [9.17, 15) is 22.0 Å². The maximum absolute atomic E-state index is 13.8. The van der Waals surface area contributed by atoms with Crippen molar-refractivity contribution in [3.8, 4) is 0 Å². The molecule has 1 saturated carbocycles. The van der Waals surface area contributed by atoms with Crippen molar-refractivity contribution in [2.24, 2.45) is 0 Å². The zero-order chi connectivity index (χ0) is 16.3. The van der Waals surface area contributed by atoms with Gasteiger partial charge in [-0.2, -0.15) is 0 Å². The van der Waals surface area contributed by atoms with Gasteiger partial charge in [-0.15, -0.1) is 0 Å². The van der Waals surface area contributed by atoms with Crippen LogP contribution < -0.4 is 9.62 Å². The maximum atomic E-state index is 13.8. The molecule has 0 aliphatic heterocycles. The van der Waals surface area contributed by atoms with E-state index in [0.717, 1.165) is 50.1 Å². The number of nitrogens with zero attached hydrogens (tertiary/aromatic N) is 1. The van der Waals surface area contributed by atoms with Gasteiger partial charge in [-0.05, 0) is 25.0 Å². The van der Waals surface area contributed by atoms with E-state index in [2.05, 4.69) is 5.32 Å². The lowest BCUT2D eigenvalue weighted by Crippen LogP contribution is -2.44. The molecule has 8 heteroatoms. The fourth-order valence-corrected chi connectivity index (χ4v) is 3.42. The van der Waals surface area contributed by atoms with Crippen molar-refractivity contribution < 1.29 is 22.0 Å². The van der Waals surface area contributed by atoms with E-state index < -0.39 is 39.8 Å². The highest BCUT2D eigenvalue weighted by Gasteiger charge is 2.27. The summed E-state index contributed by atoms with van der Waals surface area (Å²) in [5.41, 5.74) is -0.730. The Labute approximate surface area is 128 Å². The van der Waals surface area contributed by atoms with E-state index in [0.29, 0.717) is 4.31 Å². The van der Waals surface area contributed by atoms with E-state index in [-0.39, 0.29) is 6.04 Å². The Morgan fingerprint density at radius 3 is 2.32 bits per heavy atom. The molecule has 1 aliphatic rings. The zero-order valence-corrected chi connectivity index (χ0v) is 13.0. The third kappa shape index (κ3) is 3.94. The van der Waals surface area contributed by atoms with Crippen LogP contribution in [-0.4, -0.2) is 33.2 Å². The van der Waals surface area contributed by atoms with Gasteiger partial charge in [0, 0.05) is 6.04 Å². The number of rotatable bonds is 5. The van der Waals surface area contributed by atoms with Crippen LogP contribution in [0.25, 0.3) is 0 Å². The average molecular weight is 332 g/mol. The van der Waals surface area contributed by atoms with Gasteiger partial charge in [0.05, 0.1) is 6.26 Å². The molecule has 0 heterocycles. The molecule has 0 spiro atoms. The number of nitrogens with one attached hydrogen (secondary N) is 1. The third-order valence-electron chi connectivity index (χ3n) is 3.59. The molecule has 0 aromatic heterocycles. The number of anilines is 1. The Kier molecular flexibility index (Phi) is 5.00. The summed E-state index contributed by atoms with van der Waals surface area (Å²) >= 11 is 0. The lowest BCUT2D eigenvalue weighted by molar-refractivity contribution is -0.120. The Morgan fingerprint density at radius 2 is 1.82 bits per heavy atom. The first kappa shape index (κ1) is 16.7. The first-order chi connectivity index (χ1) is 10.3. The van der Waals surface area contributed by atoms with Crippen LogP contribution in [0.4, 0.5) is 14.5 Å². The molecule has 0 saturated heterocycles. The van der Waals surface area contributed by atoms with Crippen molar-refractivity contribution in [2.75, 3.05) is 17.1 Å². The van der Waals surface area contributed by atoms with Crippen molar-refractivity contribution in [2.45, 2.75) is 31.7 Å². The van der Waals surface area contributed by atoms with Crippen molar-refractivity contribution >= 4 is 21.6 Å². The van der Waals surface area contributed by atoms with Crippen LogP contribution in [0.1, 0.15) is 25.7 Å². The topological polar surface area (TPSA) is 66.5 Å². The first-order valence-corrected chi connectivity index (χ1v) is 8.85. The molecule has 1 fully saturated rings. The summed E-state index contributed by atoms with van der Waals surface area (Å²) in [5.74, 6) is -2.63. The smallest absolute Gasteiger partial charge is 0.241 e. The van der Waals surface area contributed by atoms with Crippen LogP contribution in [0.3, 0.4) is 0 Å². The Bertz CT molecular complexity index is 638. The van der Waals surface area contributed by atoms with Crippen molar-refractivity contribution in [1.29, 1.82) is 0 Å². The van der Waals surface area contributed by atoms with Gasteiger partial charge in [0.15, 0.2) is 11.6 Å². The number of para-hydroxylation sites is 1. The largest absolute Gasteiger partial charge is 0.352 e. The van der Waals surface area contributed by atoms with Gasteiger partial charge in [-0.1, -0.05) is 18.9 Å². The lowest BCUT2D eigenvalue weighted by atomic mass is 10.2. The van der Waals surface area contributed by atoms with E-state index >= 15 is 0 Å². The average Bonchev–Trinajstić information content (AvgIpc) is 2.89. The molecule has 22 heavy (non-hydrogen) atoms. The second kappa shape index (κ2) is 6.60. The highest BCUT2D eigenvalue weighted by molar-refractivity contribution is 7.92. The fourth-order valence-electron chi connectivity index (χ4n) is 2.56. The summed E-state index contributed by atoms with van der Waals surface area (Å²) in [7, 11) is -4.00. The molecule has 0 bridgehead atoms. The number of benzene rings is 1. The molecule has 0 radical (unpaired) electrons. The molecule has 1 aromatic rings. The minimum atomic E-state index is -4.00. The Balaban J connectivity index is 2.22. The van der Waals surface area contributed by atoms with E-state index in [4.69, 9.17) is 0 Å². The normalized spacial score (nSPS) is 15.8. The fraction of sp³-hybridized carbons (Fsp3) is 0.500. The van der Waals surface area contributed by atoms with E-state index in [1.165, 1.54) is 0 Å². The molecule has 1 aromatic carbocycles. The summed E-state index contributed by atoms with van der Waals surface area (Å²) in [5, 5.41) is 2.70. The molecular weight excluding hydrogens is 314 g/mol. The molecule has 2 rings (SSSR count). The third-order valence-corrected chi connectivity index (χ3v) is 4.71.